The van der Waals surface area contributed by atoms with Crippen LogP contribution in [0, 0.1) is 0 Å². The number of likely N-dealkylation sites (tertiary alicyclic amines) is 1. The van der Waals surface area contributed by atoms with Crippen LogP contribution in [0.3, 0.4) is 0 Å². The lowest BCUT2D eigenvalue weighted by molar-refractivity contribution is -0.122. The zero-order valence-electron chi connectivity index (χ0n) is 15.3. The molecule has 26 heavy (non-hydrogen) atoms. The number of nitrogens with zero attached hydrogens (tertiary/aromatic N) is 1. The summed E-state index contributed by atoms with van der Waals surface area (Å²) in [6.45, 7) is 5.65. The molecule has 2 aromatic rings. The van der Waals surface area contributed by atoms with Crippen LogP contribution in [-0.2, 0) is 17.9 Å². The van der Waals surface area contributed by atoms with E-state index in [2.05, 4.69) is 46.6 Å². The third-order valence-corrected chi connectivity index (χ3v) is 4.75. The highest BCUT2D eigenvalue weighted by Gasteiger charge is 2.12. The van der Waals surface area contributed by atoms with E-state index in [1.807, 2.05) is 12.1 Å². The third-order valence-electron chi connectivity index (χ3n) is 4.75. The van der Waals surface area contributed by atoms with E-state index in [1.165, 1.54) is 37.1 Å². The summed E-state index contributed by atoms with van der Waals surface area (Å²) < 4.78 is 0. The van der Waals surface area contributed by atoms with Crippen molar-refractivity contribution in [2.45, 2.75) is 38.9 Å². The maximum absolute atomic E-state index is 11.7. The summed E-state index contributed by atoms with van der Waals surface area (Å²) in [4.78, 5) is 14.2. The van der Waals surface area contributed by atoms with Gasteiger partial charge in [-0.15, -0.1) is 12.4 Å². The Morgan fingerprint density at radius 2 is 1.77 bits per heavy atom. The van der Waals surface area contributed by atoms with Gasteiger partial charge in [-0.05, 0) is 55.1 Å². The zero-order chi connectivity index (χ0) is 17.6. The average Bonchev–Trinajstić information content (AvgIpc) is 3.13. The van der Waals surface area contributed by atoms with E-state index in [9.17, 15) is 4.79 Å². The monoisotopic (exact) mass is 373 g/mol. The van der Waals surface area contributed by atoms with Gasteiger partial charge in [-0.3, -0.25) is 9.69 Å². The first-order valence-corrected chi connectivity index (χ1v) is 9.06. The average molecular weight is 374 g/mol. The van der Waals surface area contributed by atoms with Crippen molar-refractivity contribution >= 4 is 18.3 Å². The highest BCUT2D eigenvalue weighted by molar-refractivity contribution is 5.85. The van der Waals surface area contributed by atoms with Crippen molar-refractivity contribution in [1.82, 2.24) is 10.2 Å². The lowest BCUT2D eigenvalue weighted by atomic mass is 9.98. The number of nitrogens with two attached hydrogens (primary N) is 1. The minimum atomic E-state index is -0.489. The van der Waals surface area contributed by atoms with Gasteiger partial charge in [0.1, 0.15) is 0 Å². The molecule has 0 saturated carbocycles. The van der Waals surface area contributed by atoms with Gasteiger partial charge in [-0.2, -0.15) is 0 Å². The van der Waals surface area contributed by atoms with Gasteiger partial charge >= 0.3 is 0 Å². The van der Waals surface area contributed by atoms with Crippen molar-refractivity contribution in [3.63, 3.8) is 0 Å². The first-order valence-electron chi connectivity index (χ1n) is 9.06. The van der Waals surface area contributed by atoms with Crippen LogP contribution in [-0.4, -0.2) is 29.9 Å². The molecule has 140 valence electrons. The summed E-state index contributed by atoms with van der Waals surface area (Å²) in [5.74, 6) is -0.129. The molecule has 1 fully saturated rings. The molecule has 2 aromatic carbocycles. The standard InChI is InChI=1S/C21H27N3O.ClH/c1-16(22)21(25)23-14-19-6-2-3-7-20(19)18-10-8-17(9-11-18)15-24-12-4-5-13-24;/h2-3,6-11,16H,4-5,12-15,22H2,1H3,(H,23,25);1H. The van der Waals surface area contributed by atoms with Gasteiger partial charge in [0.15, 0.2) is 0 Å². The van der Waals surface area contributed by atoms with Crippen LogP contribution in [0.4, 0.5) is 0 Å². The van der Waals surface area contributed by atoms with Gasteiger partial charge in [-0.25, -0.2) is 0 Å². The summed E-state index contributed by atoms with van der Waals surface area (Å²) in [5, 5.41) is 2.90. The zero-order valence-corrected chi connectivity index (χ0v) is 16.1. The Morgan fingerprint density at radius 3 is 2.42 bits per heavy atom. The molecule has 0 radical (unpaired) electrons. The molecule has 4 nitrogen and oxygen atoms in total. The molecular weight excluding hydrogens is 346 g/mol. The molecule has 0 aromatic heterocycles. The van der Waals surface area contributed by atoms with Crippen molar-refractivity contribution in [2.24, 2.45) is 5.73 Å². The van der Waals surface area contributed by atoms with Crippen LogP contribution in [0.5, 0.6) is 0 Å². The molecule has 1 heterocycles. The maximum atomic E-state index is 11.7. The van der Waals surface area contributed by atoms with Crippen molar-refractivity contribution in [1.29, 1.82) is 0 Å². The molecule has 0 aliphatic carbocycles. The van der Waals surface area contributed by atoms with Crippen LogP contribution in [0.1, 0.15) is 30.9 Å². The first kappa shape index (κ1) is 20.4. The molecule has 1 aliphatic heterocycles. The Morgan fingerprint density at radius 1 is 1.12 bits per heavy atom. The highest BCUT2D eigenvalue weighted by atomic mass is 35.5. The second-order valence-corrected chi connectivity index (χ2v) is 6.84. The lowest BCUT2D eigenvalue weighted by Crippen LogP contribution is -2.37. The Balaban J connectivity index is 0.00000243. The number of benzene rings is 2. The number of carbonyl (C=O) groups is 1. The fourth-order valence-electron chi connectivity index (χ4n) is 3.29. The minimum absolute atomic E-state index is 0. The lowest BCUT2D eigenvalue weighted by Gasteiger charge is -2.15. The topological polar surface area (TPSA) is 58.4 Å². The molecule has 1 aliphatic rings. The Kier molecular flexibility index (Phi) is 7.64. The van der Waals surface area contributed by atoms with Crippen molar-refractivity contribution in [2.75, 3.05) is 13.1 Å². The normalized spacial score (nSPS) is 15.3. The number of rotatable bonds is 6. The van der Waals surface area contributed by atoms with Crippen LogP contribution < -0.4 is 11.1 Å². The summed E-state index contributed by atoms with van der Waals surface area (Å²) in [7, 11) is 0. The molecule has 3 N–H and O–H groups in total. The maximum Gasteiger partial charge on any atom is 0.236 e. The molecule has 1 atom stereocenters. The van der Waals surface area contributed by atoms with Crippen LogP contribution in [0.25, 0.3) is 11.1 Å². The van der Waals surface area contributed by atoms with Crippen LogP contribution in [0.15, 0.2) is 48.5 Å². The van der Waals surface area contributed by atoms with E-state index >= 15 is 0 Å². The Labute approximate surface area is 162 Å². The number of carbonyl (C=O) groups excluding carboxylic acids is 1. The largest absolute Gasteiger partial charge is 0.351 e. The molecule has 0 bridgehead atoms. The van der Waals surface area contributed by atoms with E-state index in [0.717, 1.165) is 17.7 Å². The van der Waals surface area contributed by atoms with E-state index in [0.29, 0.717) is 6.54 Å². The van der Waals surface area contributed by atoms with E-state index in [4.69, 9.17) is 5.73 Å². The molecule has 1 amide bonds. The minimum Gasteiger partial charge on any atom is -0.351 e. The quantitative estimate of drug-likeness (QED) is 0.816. The van der Waals surface area contributed by atoms with Crippen molar-refractivity contribution in [3.8, 4) is 11.1 Å². The molecule has 1 unspecified atom stereocenters. The Bertz CT molecular complexity index is 709. The summed E-state index contributed by atoms with van der Waals surface area (Å²) in [5.41, 5.74) is 10.4. The van der Waals surface area contributed by atoms with Gasteiger partial charge in [0.25, 0.3) is 0 Å². The summed E-state index contributed by atoms with van der Waals surface area (Å²) in [6.07, 6.45) is 2.64. The third kappa shape index (κ3) is 5.31. The summed E-state index contributed by atoms with van der Waals surface area (Å²) in [6, 6.07) is 16.5. The second-order valence-electron chi connectivity index (χ2n) is 6.84. The van der Waals surface area contributed by atoms with Crippen molar-refractivity contribution in [3.05, 3.63) is 59.7 Å². The number of amides is 1. The number of halogens is 1. The number of hydrogen-bond donors (Lipinski definition) is 2. The Hall–Kier alpha value is -1.88. The summed E-state index contributed by atoms with van der Waals surface area (Å²) >= 11 is 0. The predicted molar refractivity (Wildman–Crippen MR) is 109 cm³/mol. The number of hydrogen-bond acceptors (Lipinski definition) is 3. The van der Waals surface area contributed by atoms with Gasteiger partial charge < -0.3 is 11.1 Å². The second kappa shape index (κ2) is 9.72. The molecule has 1 saturated heterocycles. The van der Waals surface area contributed by atoms with Gasteiger partial charge in [0.05, 0.1) is 6.04 Å². The van der Waals surface area contributed by atoms with E-state index in [1.54, 1.807) is 6.92 Å². The molecule has 0 spiro atoms. The van der Waals surface area contributed by atoms with Gasteiger partial charge in [0, 0.05) is 13.1 Å². The van der Waals surface area contributed by atoms with E-state index in [-0.39, 0.29) is 18.3 Å². The molecular formula is C21H28ClN3O. The first-order chi connectivity index (χ1) is 12.1. The fourth-order valence-corrected chi connectivity index (χ4v) is 3.29. The van der Waals surface area contributed by atoms with E-state index < -0.39 is 6.04 Å². The smallest absolute Gasteiger partial charge is 0.236 e. The van der Waals surface area contributed by atoms with Crippen molar-refractivity contribution < 1.29 is 4.79 Å². The predicted octanol–water partition coefficient (Wildman–Crippen LogP) is 3.33. The fraction of sp³-hybridized carbons (Fsp3) is 0.381. The van der Waals surface area contributed by atoms with Crippen LogP contribution >= 0.6 is 12.4 Å². The highest BCUT2D eigenvalue weighted by Crippen LogP contribution is 2.24. The number of nitrogens with one attached hydrogen (secondary N) is 1. The van der Waals surface area contributed by atoms with Crippen LogP contribution in [0.2, 0.25) is 0 Å². The van der Waals surface area contributed by atoms with Gasteiger partial charge in [0.2, 0.25) is 5.91 Å². The van der Waals surface area contributed by atoms with Gasteiger partial charge in [-0.1, -0.05) is 48.5 Å². The molecule has 5 heteroatoms. The molecule has 3 rings (SSSR count). The SMILES string of the molecule is CC(N)C(=O)NCc1ccccc1-c1ccc(CN2CCCC2)cc1.Cl.